The third kappa shape index (κ3) is 3.23. The fraction of sp³-hybridized carbons (Fsp3) is 0.250. The first kappa shape index (κ1) is 15.9. The van der Waals surface area contributed by atoms with E-state index in [2.05, 4.69) is 5.43 Å². The summed E-state index contributed by atoms with van der Waals surface area (Å²) in [6.45, 7) is 3.83. The molecule has 0 amide bonds. The Bertz CT molecular complexity index is 627. The van der Waals surface area contributed by atoms with E-state index in [0.29, 0.717) is 10.6 Å². The lowest BCUT2D eigenvalue weighted by Gasteiger charge is -2.35. The van der Waals surface area contributed by atoms with Gasteiger partial charge in [-0.3, -0.25) is 11.3 Å². The Kier molecular flexibility index (Phi) is 4.61. The summed E-state index contributed by atoms with van der Waals surface area (Å²) in [5.74, 6) is 4.90. The van der Waals surface area contributed by atoms with Gasteiger partial charge in [-0.1, -0.05) is 43.6 Å². The van der Waals surface area contributed by atoms with Crippen molar-refractivity contribution < 1.29 is 8.78 Å². The van der Waals surface area contributed by atoms with Gasteiger partial charge in [0.25, 0.3) is 0 Å². The zero-order valence-electron chi connectivity index (χ0n) is 11.8. The highest BCUT2D eigenvalue weighted by atomic mass is 35.5. The van der Waals surface area contributed by atoms with Crippen LogP contribution in [-0.2, 0) is 5.41 Å². The summed E-state index contributed by atoms with van der Waals surface area (Å²) in [7, 11) is 0. The molecule has 0 spiro atoms. The highest BCUT2D eigenvalue weighted by molar-refractivity contribution is 6.30. The van der Waals surface area contributed by atoms with Gasteiger partial charge in [-0.25, -0.2) is 8.78 Å². The molecule has 0 aliphatic heterocycles. The standard InChI is InChI=1S/C16H17ClF2N2/c1-16(2,10-3-6-12(18)7-4-10)15(21-20)13-8-5-11(17)9-14(13)19/h3-9,15,21H,20H2,1-2H3. The van der Waals surface area contributed by atoms with Gasteiger partial charge in [0, 0.05) is 16.0 Å². The maximum absolute atomic E-state index is 14.2. The SMILES string of the molecule is CC(C)(c1ccc(F)cc1)C(NN)c1ccc(Cl)cc1F. The van der Waals surface area contributed by atoms with Crippen LogP contribution in [0.4, 0.5) is 8.78 Å². The van der Waals surface area contributed by atoms with Gasteiger partial charge in [-0.05, 0) is 29.8 Å². The second-order valence-electron chi connectivity index (χ2n) is 5.49. The van der Waals surface area contributed by atoms with Gasteiger partial charge in [0.05, 0.1) is 6.04 Å². The molecule has 2 nitrogen and oxygen atoms in total. The molecule has 0 saturated heterocycles. The maximum Gasteiger partial charge on any atom is 0.129 e. The predicted molar refractivity (Wildman–Crippen MR) is 80.9 cm³/mol. The number of rotatable bonds is 4. The van der Waals surface area contributed by atoms with Gasteiger partial charge in [0.1, 0.15) is 11.6 Å². The minimum absolute atomic E-state index is 0.315. The summed E-state index contributed by atoms with van der Waals surface area (Å²) >= 11 is 5.78. The smallest absolute Gasteiger partial charge is 0.129 e. The molecule has 3 N–H and O–H groups in total. The van der Waals surface area contributed by atoms with Gasteiger partial charge < -0.3 is 0 Å². The van der Waals surface area contributed by atoms with E-state index in [0.717, 1.165) is 5.56 Å². The van der Waals surface area contributed by atoms with Crippen molar-refractivity contribution in [3.8, 4) is 0 Å². The summed E-state index contributed by atoms with van der Waals surface area (Å²) in [6, 6.07) is 10.1. The van der Waals surface area contributed by atoms with Crippen LogP contribution in [0.15, 0.2) is 42.5 Å². The van der Waals surface area contributed by atoms with Crippen LogP contribution in [0.5, 0.6) is 0 Å². The van der Waals surface area contributed by atoms with Gasteiger partial charge in [-0.2, -0.15) is 0 Å². The second kappa shape index (κ2) is 6.10. The highest BCUT2D eigenvalue weighted by Gasteiger charge is 2.33. The number of hydrogen-bond acceptors (Lipinski definition) is 2. The molecule has 0 aliphatic rings. The molecule has 2 aromatic rings. The molecule has 21 heavy (non-hydrogen) atoms. The Balaban J connectivity index is 2.45. The minimum Gasteiger partial charge on any atom is -0.271 e. The summed E-state index contributed by atoms with van der Waals surface area (Å²) < 4.78 is 27.2. The van der Waals surface area contributed by atoms with Crippen LogP contribution in [-0.4, -0.2) is 0 Å². The van der Waals surface area contributed by atoms with Crippen molar-refractivity contribution in [2.24, 2.45) is 5.84 Å². The first-order chi connectivity index (χ1) is 9.86. The number of hydrazine groups is 1. The third-order valence-corrected chi connectivity index (χ3v) is 3.99. The van der Waals surface area contributed by atoms with E-state index < -0.39 is 17.3 Å². The van der Waals surface area contributed by atoms with Crippen LogP contribution >= 0.6 is 11.6 Å². The van der Waals surface area contributed by atoms with E-state index in [1.807, 2.05) is 13.8 Å². The Morgan fingerprint density at radius 1 is 1.10 bits per heavy atom. The van der Waals surface area contributed by atoms with E-state index in [1.165, 1.54) is 18.2 Å². The monoisotopic (exact) mass is 310 g/mol. The lowest BCUT2D eigenvalue weighted by molar-refractivity contribution is 0.342. The summed E-state index contributed by atoms with van der Waals surface area (Å²) in [5.41, 5.74) is 3.37. The number of halogens is 3. The number of nitrogens with two attached hydrogens (primary N) is 1. The van der Waals surface area contributed by atoms with Gasteiger partial charge in [-0.15, -0.1) is 0 Å². The fourth-order valence-corrected chi connectivity index (χ4v) is 2.63. The molecule has 0 fully saturated rings. The van der Waals surface area contributed by atoms with Crippen molar-refractivity contribution in [1.82, 2.24) is 5.43 Å². The van der Waals surface area contributed by atoms with Gasteiger partial charge in [0.15, 0.2) is 0 Å². The number of benzene rings is 2. The first-order valence-electron chi connectivity index (χ1n) is 6.53. The summed E-state index contributed by atoms with van der Waals surface area (Å²) in [5, 5.41) is 0.326. The van der Waals surface area contributed by atoms with Crippen LogP contribution in [0, 0.1) is 11.6 Å². The Hall–Kier alpha value is -1.49. The van der Waals surface area contributed by atoms with Crippen molar-refractivity contribution >= 4 is 11.6 Å². The number of hydrogen-bond donors (Lipinski definition) is 2. The number of nitrogens with one attached hydrogen (secondary N) is 1. The van der Waals surface area contributed by atoms with E-state index >= 15 is 0 Å². The summed E-state index contributed by atoms with van der Waals surface area (Å²) in [4.78, 5) is 0. The fourth-order valence-electron chi connectivity index (χ4n) is 2.47. The van der Waals surface area contributed by atoms with E-state index in [9.17, 15) is 8.78 Å². The molecule has 1 atom stereocenters. The van der Waals surface area contributed by atoms with Gasteiger partial charge in [0.2, 0.25) is 0 Å². The quantitative estimate of drug-likeness (QED) is 0.659. The molecule has 112 valence electrons. The zero-order valence-corrected chi connectivity index (χ0v) is 12.6. The molecule has 0 bridgehead atoms. The Morgan fingerprint density at radius 3 is 2.24 bits per heavy atom. The van der Waals surface area contributed by atoms with Crippen LogP contribution in [0.3, 0.4) is 0 Å². The zero-order chi connectivity index (χ0) is 15.6. The molecule has 2 rings (SSSR count). The largest absolute Gasteiger partial charge is 0.271 e. The Morgan fingerprint density at radius 2 is 1.71 bits per heavy atom. The van der Waals surface area contributed by atoms with Crippen LogP contribution in [0.2, 0.25) is 5.02 Å². The highest BCUT2D eigenvalue weighted by Crippen LogP contribution is 2.37. The molecular weight excluding hydrogens is 294 g/mol. The molecular formula is C16H17ClF2N2. The lowest BCUT2D eigenvalue weighted by Crippen LogP contribution is -2.41. The lowest BCUT2D eigenvalue weighted by atomic mass is 9.75. The molecule has 1 unspecified atom stereocenters. The second-order valence-corrected chi connectivity index (χ2v) is 5.93. The topological polar surface area (TPSA) is 38.0 Å². The first-order valence-corrected chi connectivity index (χ1v) is 6.91. The molecule has 0 aromatic heterocycles. The molecule has 0 aliphatic carbocycles. The molecule has 0 radical (unpaired) electrons. The normalized spacial score (nSPS) is 13.2. The van der Waals surface area contributed by atoms with Crippen molar-refractivity contribution in [2.45, 2.75) is 25.3 Å². The van der Waals surface area contributed by atoms with Crippen LogP contribution < -0.4 is 11.3 Å². The molecule has 0 saturated carbocycles. The van der Waals surface area contributed by atoms with Crippen molar-refractivity contribution in [3.63, 3.8) is 0 Å². The molecule has 0 heterocycles. The average molecular weight is 311 g/mol. The van der Waals surface area contributed by atoms with Crippen LogP contribution in [0.1, 0.15) is 31.0 Å². The van der Waals surface area contributed by atoms with E-state index in [4.69, 9.17) is 17.4 Å². The molecule has 5 heteroatoms. The van der Waals surface area contributed by atoms with E-state index in [1.54, 1.807) is 24.3 Å². The van der Waals surface area contributed by atoms with E-state index in [-0.39, 0.29) is 5.82 Å². The van der Waals surface area contributed by atoms with Gasteiger partial charge >= 0.3 is 0 Å². The maximum atomic E-state index is 14.2. The van der Waals surface area contributed by atoms with Crippen molar-refractivity contribution in [1.29, 1.82) is 0 Å². The minimum atomic E-state index is -0.545. The van der Waals surface area contributed by atoms with Crippen molar-refractivity contribution in [3.05, 3.63) is 70.2 Å². The Labute approximate surface area is 127 Å². The van der Waals surface area contributed by atoms with Crippen LogP contribution in [0.25, 0.3) is 0 Å². The molecule has 2 aromatic carbocycles. The van der Waals surface area contributed by atoms with Crippen molar-refractivity contribution in [2.75, 3.05) is 0 Å². The average Bonchev–Trinajstić information content (AvgIpc) is 2.42. The summed E-state index contributed by atoms with van der Waals surface area (Å²) in [6.07, 6.45) is 0. The third-order valence-electron chi connectivity index (χ3n) is 3.75. The predicted octanol–water partition coefficient (Wildman–Crippen LogP) is 4.10.